The number of nitrogens with zero attached hydrogens (tertiary/aromatic N) is 12. The average molecular weight is 2460 g/mol. The largest absolute Gasteiger partial charge is 2.00 e. The van der Waals surface area contributed by atoms with Crippen LogP contribution in [0.4, 0.5) is 0 Å². The number of fused-ring (bicyclic) bond motifs is 40. The third-order valence-corrected chi connectivity index (χ3v) is 25.8. The van der Waals surface area contributed by atoms with Gasteiger partial charge in [0.25, 0.3) is 0 Å². The number of benzene rings is 8. The SMILES string of the molecule is CC1(C)c2[c-]c(ccc2)-c2cncc(n2)C(C)(C)c2[c-]c(ccc2)-c2cncc1n2.CC1(C)c2[c-]c(ccc2)-c2cncc(n2)C(C)(C)c2cncc(n2)-c2[c-]c1ccc2.COc1cc2nc(c1)C(C)(C)c1[c-]c(ccc1)-c1cc(OC)cc(n1)C(C)(C)c1[c-]c-2ccc1.COc1cc2nc(c1)C(C)(C)c1cc(OC)cc(n1)-c1[c-]c(ccc1)C(C)(C)c1[c-]c-2ccc1.[Pt+2].[Pt+2].[Pt+2].[Pt+2]. The number of rotatable bonds is 4. The number of aromatic nitrogens is 12. The van der Waals surface area contributed by atoms with Crippen molar-refractivity contribution in [1.82, 2.24) is 59.8 Å². The van der Waals surface area contributed by atoms with Gasteiger partial charge >= 0.3 is 84.3 Å². The molecule has 20 rings (SSSR count). The van der Waals surface area contributed by atoms with Gasteiger partial charge in [0.15, 0.2) is 0 Å². The summed E-state index contributed by atoms with van der Waals surface area (Å²) in [6.45, 7) is 34.5. The molecule has 4 aliphatic heterocycles. The molecule has 16 aromatic rings. The molecule has 0 amide bonds. The maximum Gasteiger partial charge on any atom is 2.00 e. The summed E-state index contributed by atoms with van der Waals surface area (Å²) >= 11 is 0. The van der Waals surface area contributed by atoms with Crippen molar-refractivity contribution < 1.29 is 103 Å². The molecule has 672 valence electrons. The van der Waals surface area contributed by atoms with E-state index in [9.17, 15) is 0 Å². The minimum atomic E-state index is -0.509. The fourth-order valence-electron chi connectivity index (χ4n) is 16.5. The summed E-state index contributed by atoms with van der Waals surface area (Å²) in [6, 6.07) is 94.2. The third-order valence-electron chi connectivity index (χ3n) is 25.8. The molecular weight excluding hydrogens is 2360 g/mol. The smallest absolute Gasteiger partial charge is 0.497 e. The van der Waals surface area contributed by atoms with Crippen LogP contribution in [0, 0.1) is 48.5 Å². The monoisotopic (exact) mass is 2460 g/mol. The number of methoxy groups -OCH3 is 4. The molecule has 132 heavy (non-hydrogen) atoms. The molecule has 4 aliphatic rings. The van der Waals surface area contributed by atoms with Crippen LogP contribution < -0.4 is 18.9 Å². The van der Waals surface area contributed by atoms with Gasteiger partial charge in [0.05, 0.1) is 56.6 Å². The first-order valence-electron chi connectivity index (χ1n) is 43.0. The van der Waals surface area contributed by atoms with Gasteiger partial charge in [-0.15, -0.1) is 283 Å². The zero-order valence-corrected chi connectivity index (χ0v) is 86.4. The van der Waals surface area contributed by atoms with Crippen molar-refractivity contribution in [3.05, 3.63) is 382 Å². The molecule has 0 N–H and O–H groups in total. The maximum atomic E-state index is 5.68. The van der Waals surface area contributed by atoms with E-state index in [-0.39, 0.29) is 106 Å². The van der Waals surface area contributed by atoms with Crippen molar-refractivity contribution in [3.63, 3.8) is 0 Å². The van der Waals surface area contributed by atoms with Crippen LogP contribution in [-0.2, 0) is 128 Å². The fraction of sp³-hybridized carbons (Fsp3) is 0.250. The van der Waals surface area contributed by atoms with Gasteiger partial charge in [0.2, 0.25) is 0 Å². The Bertz CT molecular complexity index is 6170. The van der Waals surface area contributed by atoms with Crippen LogP contribution in [0.2, 0.25) is 0 Å². The molecule has 12 heterocycles. The normalized spacial score (nSPS) is 15.1. The van der Waals surface area contributed by atoms with E-state index in [1.165, 1.54) is 0 Å². The molecule has 0 unspecified atom stereocenters. The van der Waals surface area contributed by atoms with Crippen molar-refractivity contribution in [1.29, 1.82) is 0 Å². The van der Waals surface area contributed by atoms with Crippen molar-refractivity contribution >= 4 is 0 Å². The Hall–Kier alpha value is -11.4. The van der Waals surface area contributed by atoms with Crippen molar-refractivity contribution in [2.24, 2.45) is 0 Å². The summed E-state index contributed by atoms with van der Waals surface area (Å²) in [7, 11) is 6.74. The van der Waals surface area contributed by atoms with Gasteiger partial charge in [-0.3, -0.25) is 39.9 Å². The van der Waals surface area contributed by atoms with E-state index in [0.717, 1.165) is 203 Å². The topological polar surface area (TPSA) is 192 Å². The zero-order chi connectivity index (χ0) is 90.0. The second-order valence-corrected chi connectivity index (χ2v) is 37.1. The first-order chi connectivity index (χ1) is 61.1. The molecular formula is C112H100N12O4Pt4. The van der Waals surface area contributed by atoms with E-state index < -0.39 is 21.7 Å². The quantitative estimate of drug-likeness (QED) is 0.151. The molecule has 0 atom stereocenters. The number of pyridine rings is 4. The van der Waals surface area contributed by atoms with Crippen LogP contribution in [-0.4, -0.2) is 88.2 Å². The molecule has 0 saturated carbocycles. The molecule has 16 nitrogen and oxygen atoms in total. The Kier molecular flexibility index (Phi) is 28.8. The Labute approximate surface area is 833 Å². The number of hydrogen-bond acceptors (Lipinski definition) is 16. The van der Waals surface area contributed by atoms with Crippen LogP contribution in [0.15, 0.2) is 244 Å². The average Bonchev–Trinajstić information content (AvgIpc) is 0.757. The molecule has 20 heteroatoms. The minimum absolute atomic E-state index is 0. The number of ether oxygens (including phenoxy) is 4. The van der Waals surface area contributed by atoms with E-state index in [4.69, 9.17) is 58.8 Å². The van der Waals surface area contributed by atoms with Gasteiger partial charge < -0.3 is 38.9 Å². The summed E-state index contributed by atoms with van der Waals surface area (Å²) in [5.41, 5.74) is 26.2. The van der Waals surface area contributed by atoms with Gasteiger partial charge in [0.1, 0.15) is 23.0 Å². The molecule has 0 radical (unpaired) electrons. The van der Waals surface area contributed by atoms with Gasteiger partial charge in [-0.1, -0.05) is 83.1 Å². The second kappa shape index (κ2) is 38.7. The summed E-state index contributed by atoms with van der Waals surface area (Å²) in [6.07, 6.45) is 14.5. The maximum absolute atomic E-state index is 5.68. The van der Waals surface area contributed by atoms with Gasteiger partial charge in [-0.05, 0) is 85.6 Å². The molecule has 0 saturated heterocycles. The molecule has 8 aromatic carbocycles. The Morgan fingerprint density at radius 2 is 0.341 bits per heavy atom. The van der Waals surface area contributed by atoms with Gasteiger partial charge in [0, 0.05) is 146 Å². The molecule has 32 bridgehead atoms. The standard InChI is InChI=1S/2C30H28N2O2.2C26H22N4.4Pt/c1-29(2)21-11-7-9-19(13-21)26-16-24(34-6)18-28(32-26)30(3,4)22-12-8-10-20(14-22)25-15-23(33-5)17-27(29)31-25;1-29(2)21-11-7-9-19(13-21)25-15-23(33-5)17-27(31-25)30(3,4)28-18-24(34-6)16-26(32-28)20-10-8-12-22(29)14-20;1-25(2)19-9-5-7-17(11-19)22-14-28-16-24(30-22)26(3,4)20-10-6-8-18(12-20)21-13-27-15-23(25)29-21;1-25(2)19-9-5-7-17(11-19)21-13-27-15-23(29-21)26(3,4)24-16-28-14-22(30-24)18-8-6-10-20(25)12-18;;;;/h2*7-12,15-18H,1-6H3;2*5-10,13-16H,1-4H3;;;;/q4*-2;4*+2. The van der Waals surface area contributed by atoms with Gasteiger partial charge in [-0.25, -0.2) is 0 Å². The summed E-state index contributed by atoms with van der Waals surface area (Å²) < 4.78 is 22.7. The molecule has 8 aromatic heterocycles. The predicted octanol–water partition coefficient (Wildman–Crippen LogP) is 23.1. The van der Waals surface area contributed by atoms with Crippen LogP contribution in [0.1, 0.15) is 201 Å². The van der Waals surface area contributed by atoms with E-state index in [2.05, 4.69) is 264 Å². The molecule has 0 fully saturated rings. The third kappa shape index (κ3) is 19.2. The van der Waals surface area contributed by atoms with Crippen LogP contribution in [0.25, 0.3) is 90.1 Å². The van der Waals surface area contributed by atoms with E-state index in [0.29, 0.717) is 0 Å². The van der Waals surface area contributed by atoms with Crippen molar-refractivity contribution in [3.8, 4) is 113 Å². The van der Waals surface area contributed by atoms with E-state index in [1.807, 2.05) is 134 Å². The Balaban J connectivity index is 0.000000148. The second-order valence-electron chi connectivity index (χ2n) is 37.1. The summed E-state index contributed by atoms with van der Waals surface area (Å²) in [4.78, 5) is 58.2. The van der Waals surface area contributed by atoms with Crippen molar-refractivity contribution in [2.45, 2.75) is 154 Å². The van der Waals surface area contributed by atoms with Crippen molar-refractivity contribution in [2.75, 3.05) is 28.4 Å². The summed E-state index contributed by atoms with van der Waals surface area (Å²) in [5.74, 6) is 3.04. The van der Waals surface area contributed by atoms with Gasteiger partial charge in [-0.2, -0.15) is 0 Å². The van der Waals surface area contributed by atoms with E-state index >= 15 is 0 Å². The molecule has 0 aliphatic carbocycles. The Morgan fingerprint density at radius 1 is 0.182 bits per heavy atom. The molecule has 0 spiro atoms. The van der Waals surface area contributed by atoms with E-state index in [1.54, 1.807) is 53.2 Å². The van der Waals surface area contributed by atoms with Crippen LogP contribution >= 0.6 is 0 Å². The minimum Gasteiger partial charge on any atom is -0.497 e. The summed E-state index contributed by atoms with van der Waals surface area (Å²) in [5, 5.41) is 0. The van der Waals surface area contributed by atoms with Crippen LogP contribution in [0.3, 0.4) is 0 Å². The number of hydrogen-bond donors (Lipinski definition) is 0. The fourth-order valence-corrected chi connectivity index (χ4v) is 16.5. The Morgan fingerprint density at radius 3 is 0.545 bits per heavy atom. The predicted molar refractivity (Wildman–Crippen MR) is 502 cm³/mol. The first-order valence-corrected chi connectivity index (χ1v) is 43.0. The van der Waals surface area contributed by atoms with Crippen LogP contribution in [0.5, 0.6) is 23.0 Å². The zero-order valence-electron chi connectivity index (χ0n) is 77.4. The first kappa shape index (κ1) is 98.1.